The van der Waals surface area contributed by atoms with Crippen LogP contribution in [0.3, 0.4) is 0 Å². The predicted octanol–water partition coefficient (Wildman–Crippen LogP) is 2.36. The van der Waals surface area contributed by atoms with Crippen LogP contribution in [0.2, 0.25) is 5.02 Å². The van der Waals surface area contributed by atoms with Crippen molar-refractivity contribution in [3.05, 3.63) is 47.0 Å². The third kappa shape index (κ3) is 3.17. The fraction of sp³-hybridized carbons (Fsp3) is 0.375. The van der Waals surface area contributed by atoms with E-state index >= 15 is 0 Å². The average molecular weight is 336 g/mol. The second kappa shape index (κ2) is 6.20. The summed E-state index contributed by atoms with van der Waals surface area (Å²) in [7, 11) is 1.73. The van der Waals surface area contributed by atoms with Gasteiger partial charge in [-0.2, -0.15) is 5.10 Å². The van der Waals surface area contributed by atoms with Gasteiger partial charge in [0.15, 0.2) is 5.69 Å². The summed E-state index contributed by atoms with van der Waals surface area (Å²) in [6.45, 7) is 3.66. The first-order valence-corrected chi connectivity index (χ1v) is 7.76. The van der Waals surface area contributed by atoms with Gasteiger partial charge in [0.1, 0.15) is 5.82 Å². The summed E-state index contributed by atoms with van der Waals surface area (Å²) in [6, 6.07) is 7.50. The Balaban J connectivity index is 1.73. The molecular formula is C16H17ClFN4O. The lowest BCUT2D eigenvalue weighted by Crippen LogP contribution is -2.54. The number of amides is 1. The standard InChI is InChI=1S/C16H17ClFN4O/c1-11-9-21(16(23)15-14(17)10-20(2)19-15)6-7-22(11)13-5-3-4-12(18)8-13/h3-4,8,10-11H,6-7,9H2,1-2H3/t11-/m1/s1. The summed E-state index contributed by atoms with van der Waals surface area (Å²) < 4.78 is 14.9. The number of nitrogens with zero attached hydrogens (tertiary/aromatic N) is 4. The van der Waals surface area contributed by atoms with Crippen molar-refractivity contribution >= 4 is 23.2 Å². The number of benzene rings is 1. The SMILES string of the molecule is C[C@@H]1CN(C(=O)c2nn(C)cc2Cl)CCN1c1[c]ccc(F)c1. The van der Waals surface area contributed by atoms with E-state index in [9.17, 15) is 9.18 Å². The van der Waals surface area contributed by atoms with E-state index in [-0.39, 0.29) is 23.5 Å². The zero-order valence-electron chi connectivity index (χ0n) is 13.0. The molecule has 23 heavy (non-hydrogen) atoms. The van der Waals surface area contributed by atoms with Crippen LogP contribution < -0.4 is 4.90 Å². The molecular weight excluding hydrogens is 319 g/mol. The number of aryl methyl sites for hydroxylation is 1. The molecule has 3 rings (SSSR count). The van der Waals surface area contributed by atoms with Gasteiger partial charge in [0.25, 0.3) is 5.91 Å². The second-order valence-electron chi connectivity index (χ2n) is 5.69. The molecule has 0 bridgehead atoms. The van der Waals surface area contributed by atoms with Gasteiger partial charge in [-0.3, -0.25) is 9.48 Å². The number of anilines is 1. The molecule has 0 unspecified atom stereocenters. The molecule has 0 saturated carbocycles. The van der Waals surface area contributed by atoms with Gasteiger partial charge in [-0.15, -0.1) is 0 Å². The summed E-state index contributed by atoms with van der Waals surface area (Å²) in [5.41, 5.74) is 0.979. The molecule has 1 fully saturated rings. The summed E-state index contributed by atoms with van der Waals surface area (Å²) in [6.07, 6.45) is 1.61. The maximum atomic E-state index is 13.4. The number of carbonyl (C=O) groups is 1. The number of piperazine rings is 1. The fourth-order valence-electron chi connectivity index (χ4n) is 2.85. The number of hydrogen-bond donors (Lipinski definition) is 0. The molecule has 2 aromatic rings. The minimum atomic E-state index is -0.287. The summed E-state index contributed by atoms with van der Waals surface area (Å²) in [5, 5.41) is 4.48. The minimum absolute atomic E-state index is 0.0493. The van der Waals surface area contributed by atoms with Gasteiger partial charge in [0.2, 0.25) is 0 Å². The highest BCUT2D eigenvalue weighted by atomic mass is 35.5. The van der Waals surface area contributed by atoms with Crippen LogP contribution in [0.5, 0.6) is 0 Å². The van der Waals surface area contributed by atoms with E-state index in [1.807, 2.05) is 11.8 Å². The van der Waals surface area contributed by atoms with Crippen LogP contribution in [0.4, 0.5) is 10.1 Å². The Morgan fingerprint density at radius 3 is 2.87 bits per heavy atom. The van der Waals surface area contributed by atoms with E-state index in [0.29, 0.717) is 30.3 Å². The Morgan fingerprint density at radius 2 is 2.26 bits per heavy atom. The highest BCUT2D eigenvalue weighted by Gasteiger charge is 2.29. The Bertz CT molecular complexity index is 733. The molecule has 1 saturated heterocycles. The quantitative estimate of drug-likeness (QED) is 0.846. The highest BCUT2D eigenvalue weighted by Crippen LogP contribution is 2.23. The molecule has 1 atom stereocenters. The Labute approximate surface area is 139 Å². The molecule has 7 heteroatoms. The van der Waals surface area contributed by atoms with Gasteiger partial charge in [-0.25, -0.2) is 4.39 Å². The van der Waals surface area contributed by atoms with Gasteiger partial charge >= 0.3 is 0 Å². The van der Waals surface area contributed by atoms with Gasteiger partial charge in [0.05, 0.1) is 5.02 Å². The molecule has 5 nitrogen and oxygen atoms in total. The van der Waals surface area contributed by atoms with Crippen LogP contribution in [0.15, 0.2) is 24.4 Å². The molecule has 1 aliphatic heterocycles. The maximum absolute atomic E-state index is 13.4. The topological polar surface area (TPSA) is 41.4 Å². The predicted molar refractivity (Wildman–Crippen MR) is 86.2 cm³/mol. The number of hydrogen-bond acceptors (Lipinski definition) is 3. The first kappa shape index (κ1) is 15.8. The molecule has 1 radical (unpaired) electrons. The smallest absolute Gasteiger partial charge is 0.276 e. The van der Waals surface area contributed by atoms with Crippen molar-refractivity contribution in [1.82, 2.24) is 14.7 Å². The van der Waals surface area contributed by atoms with Gasteiger partial charge in [0, 0.05) is 50.7 Å². The van der Waals surface area contributed by atoms with Gasteiger partial charge < -0.3 is 9.80 Å². The van der Waals surface area contributed by atoms with Crippen molar-refractivity contribution in [2.24, 2.45) is 7.05 Å². The lowest BCUT2D eigenvalue weighted by Gasteiger charge is -2.41. The summed E-state index contributed by atoms with van der Waals surface area (Å²) in [4.78, 5) is 16.3. The summed E-state index contributed by atoms with van der Waals surface area (Å²) >= 11 is 6.05. The van der Waals surface area contributed by atoms with E-state index in [1.165, 1.54) is 16.8 Å². The van der Waals surface area contributed by atoms with Crippen LogP contribution in [-0.4, -0.2) is 46.3 Å². The lowest BCUT2D eigenvalue weighted by molar-refractivity contribution is 0.0719. The zero-order valence-corrected chi connectivity index (χ0v) is 13.7. The average Bonchev–Trinajstić information content (AvgIpc) is 2.85. The number of aromatic nitrogens is 2. The Hall–Kier alpha value is -2.08. The van der Waals surface area contributed by atoms with E-state index in [1.54, 1.807) is 24.2 Å². The molecule has 0 spiro atoms. The third-order valence-corrected chi connectivity index (χ3v) is 4.24. The zero-order chi connectivity index (χ0) is 16.6. The molecule has 0 N–H and O–H groups in total. The monoisotopic (exact) mass is 335 g/mol. The minimum Gasteiger partial charge on any atom is -0.365 e. The number of halogens is 2. The van der Waals surface area contributed by atoms with Crippen LogP contribution in [0, 0.1) is 11.9 Å². The third-order valence-electron chi connectivity index (χ3n) is 3.96. The molecule has 1 aromatic carbocycles. The van der Waals surface area contributed by atoms with E-state index in [4.69, 9.17) is 11.6 Å². The van der Waals surface area contributed by atoms with E-state index in [2.05, 4.69) is 11.2 Å². The summed E-state index contributed by atoms with van der Waals surface area (Å²) in [5.74, 6) is -0.463. The van der Waals surface area contributed by atoms with Crippen LogP contribution in [0.1, 0.15) is 17.4 Å². The number of rotatable bonds is 2. The van der Waals surface area contributed by atoms with E-state index in [0.717, 1.165) is 0 Å². The largest absolute Gasteiger partial charge is 0.365 e. The lowest BCUT2D eigenvalue weighted by atomic mass is 10.1. The molecule has 1 aliphatic rings. The van der Waals surface area contributed by atoms with Crippen LogP contribution >= 0.6 is 11.6 Å². The van der Waals surface area contributed by atoms with Crippen molar-refractivity contribution < 1.29 is 9.18 Å². The molecule has 0 aliphatic carbocycles. The van der Waals surface area contributed by atoms with Gasteiger partial charge in [-0.1, -0.05) is 11.6 Å². The van der Waals surface area contributed by atoms with Crippen molar-refractivity contribution in [3.63, 3.8) is 0 Å². The first-order valence-electron chi connectivity index (χ1n) is 7.38. The van der Waals surface area contributed by atoms with E-state index < -0.39 is 0 Å². The van der Waals surface area contributed by atoms with Gasteiger partial charge in [-0.05, 0) is 25.1 Å². The second-order valence-corrected chi connectivity index (χ2v) is 6.09. The molecule has 121 valence electrons. The van der Waals surface area contributed by atoms with Crippen molar-refractivity contribution in [2.75, 3.05) is 24.5 Å². The highest BCUT2D eigenvalue weighted by molar-refractivity contribution is 6.33. The van der Waals surface area contributed by atoms with Crippen molar-refractivity contribution in [3.8, 4) is 0 Å². The molecule has 1 amide bonds. The van der Waals surface area contributed by atoms with Crippen LogP contribution in [0.25, 0.3) is 0 Å². The first-order chi connectivity index (χ1) is 11.0. The normalized spacial score (nSPS) is 18.3. The Kier molecular flexibility index (Phi) is 4.26. The van der Waals surface area contributed by atoms with Crippen molar-refractivity contribution in [2.45, 2.75) is 13.0 Å². The maximum Gasteiger partial charge on any atom is 0.276 e. The fourth-order valence-corrected chi connectivity index (χ4v) is 3.11. The van der Waals surface area contributed by atoms with Crippen molar-refractivity contribution in [1.29, 1.82) is 0 Å². The molecule has 2 heterocycles. The molecule has 1 aromatic heterocycles. The van der Waals surface area contributed by atoms with Crippen LogP contribution in [-0.2, 0) is 7.05 Å². The Morgan fingerprint density at radius 1 is 1.48 bits per heavy atom. The number of carbonyl (C=O) groups excluding carboxylic acids is 1.